The van der Waals surface area contributed by atoms with Gasteiger partial charge in [0.2, 0.25) is 0 Å². The fourth-order valence-electron chi connectivity index (χ4n) is 4.52. The summed E-state index contributed by atoms with van der Waals surface area (Å²) in [5, 5.41) is 10.1. The monoisotopic (exact) mass is 518 g/mol. The third-order valence-corrected chi connectivity index (χ3v) is 13.6. The van der Waals surface area contributed by atoms with E-state index in [-0.39, 0.29) is 0 Å². The van der Waals surface area contributed by atoms with Crippen LogP contribution in [0, 0.1) is 0 Å². The molecule has 36 heavy (non-hydrogen) atoms. The average Bonchev–Trinajstić information content (AvgIpc) is 2.92. The minimum Gasteiger partial charge on any atom is -0.0656 e. The predicted octanol–water partition coefficient (Wildman–Crippen LogP) is 5.75. The molecule has 0 aliphatic rings. The lowest BCUT2D eigenvalue weighted by atomic mass is 10.3. The molecule has 3 heteroatoms. The number of hydrogen-bond acceptors (Lipinski definition) is 0. The summed E-state index contributed by atoms with van der Waals surface area (Å²) in [6.07, 6.45) is 0. The fourth-order valence-corrected chi connectivity index (χ4v) is 11.1. The van der Waals surface area contributed by atoms with E-state index in [1.54, 1.807) is 0 Å². The largest absolute Gasteiger partial charge is 0.0776 e. The van der Waals surface area contributed by atoms with Crippen molar-refractivity contribution in [2.45, 2.75) is 19.6 Å². The Kier molecular flexibility index (Phi) is 7.64. The minimum atomic E-state index is -1.51. The lowest BCUT2D eigenvalue weighted by molar-refractivity contribution is 1.71. The summed E-state index contributed by atoms with van der Waals surface area (Å²) in [6.45, 7) is 7.36. The number of benzene rings is 5. The van der Waals surface area contributed by atoms with Crippen LogP contribution in [0.2, 0.25) is 19.6 Å². The van der Waals surface area contributed by atoms with Gasteiger partial charge in [-0.1, -0.05) is 164 Å². The van der Waals surface area contributed by atoms with E-state index in [9.17, 15) is 0 Å². The first-order chi connectivity index (χ1) is 17.5. The van der Waals surface area contributed by atoms with Crippen LogP contribution in [0.3, 0.4) is 0 Å². The van der Waals surface area contributed by atoms with Gasteiger partial charge in [-0.25, -0.2) is 0 Å². The van der Waals surface area contributed by atoms with Gasteiger partial charge in [-0.05, 0) is 47.7 Å². The number of rotatable bonds is 7. The van der Waals surface area contributed by atoms with E-state index in [2.05, 4.69) is 159 Å². The highest BCUT2D eigenvalue weighted by atomic mass is 31.1. The van der Waals surface area contributed by atoms with Crippen molar-refractivity contribution in [2.24, 2.45) is 0 Å². The first-order valence-electron chi connectivity index (χ1n) is 12.5. The van der Waals surface area contributed by atoms with Crippen molar-refractivity contribution < 1.29 is 0 Å². The van der Waals surface area contributed by atoms with Crippen molar-refractivity contribution >= 4 is 60.9 Å². The highest BCUT2D eigenvalue weighted by Crippen LogP contribution is 2.38. The summed E-state index contributed by atoms with van der Waals surface area (Å²) >= 11 is 0. The lowest BCUT2D eigenvalue weighted by Crippen LogP contribution is -2.43. The van der Waals surface area contributed by atoms with Crippen LogP contribution in [0.4, 0.5) is 0 Å². The smallest absolute Gasteiger partial charge is 0.0656 e. The van der Waals surface area contributed by atoms with Crippen LogP contribution < -0.4 is 37.0 Å². The van der Waals surface area contributed by atoms with Crippen LogP contribution in [0.15, 0.2) is 140 Å². The average molecular weight is 519 g/mol. The van der Waals surface area contributed by atoms with Gasteiger partial charge in [0.15, 0.2) is 0 Å². The zero-order valence-corrected chi connectivity index (χ0v) is 24.0. The molecule has 5 aromatic rings. The van der Waals surface area contributed by atoms with Crippen LogP contribution >= 0.6 is 15.8 Å². The Labute approximate surface area is 219 Å². The number of hydrogen-bond donors (Lipinski definition) is 0. The molecule has 0 unspecified atom stereocenters. The van der Waals surface area contributed by atoms with Gasteiger partial charge < -0.3 is 0 Å². The summed E-state index contributed by atoms with van der Waals surface area (Å²) in [5.41, 5.74) is 0. The third kappa shape index (κ3) is 5.45. The SMILES string of the molecule is C[Si](C)(C)c1ccc(P(c2ccccc2)c2ccccc2)c(P(c2ccccc2)c2ccccc2)c1. The maximum atomic E-state index is 2.58. The molecule has 0 bridgehead atoms. The second kappa shape index (κ2) is 11.1. The molecule has 0 saturated heterocycles. The second-order valence-electron chi connectivity index (χ2n) is 9.97. The third-order valence-electron chi connectivity index (χ3n) is 6.38. The van der Waals surface area contributed by atoms with Crippen molar-refractivity contribution in [3.8, 4) is 0 Å². The van der Waals surface area contributed by atoms with Crippen LogP contribution in [0.25, 0.3) is 0 Å². The molecule has 0 saturated carbocycles. The van der Waals surface area contributed by atoms with Gasteiger partial charge in [0.25, 0.3) is 0 Å². The molecular weight excluding hydrogens is 486 g/mol. The Balaban J connectivity index is 1.82. The van der Waals surface area contributed by atoms with Gasteiger partial charge in [0.05, 0.1) is 8.07 Å². The maximum absolute atomic E-state index is 2.58. The van der Waals surface area contributed by atoms with Gasteiger partial charge in [-0.2, -0.15) is 0 Å². The van der Waals surface area contributed by atoms with E-state index in [0.29, 0.717) is 0 Å². The zero-order valence-electron chi connectivity index (χ0n) is 21.2. The Hall–Kier alpha value is -2.82. The second-order valence-corrected chi connectivity index (χ2v) is 19.4. The zero-order chi connectivity index (χ0) is 25.0. The van der Waals surface area contributed by atoms with Crippen molar-refractivity contribution in [3.63, 3.8) is 0 Å². The van der Waals surface area contributed by atoms with Crippen molar-refractivity contribution in [2.75, 3.05) is 0 Å². The highest BCUT2D eigenvalue weighted by molar-refractivity contribution is 7.85. The molecule has 0 aromatic heterocycles. The van der Waals surface area contributed by atoms with Gasteiger partial charge >= 0.3 is 0 Å². The first kappa shape index (κ1) is 24.9. The lowest BCUT2D eigenvalue weighted by Gasteiger charge is -2.29. The fraction of sp³-hybridized carbons (Fsp3) is 0.0909. The molecule has 0 aliphatic carbocycles. The quantitative estimate of drug-likeness (QED) is 0.190. The van der Waals surface area contributed by atoms with Crippen LogP contribution in [-0.4, -0.2) is 8.07 Å². The van der Waals surface area contributed by atoms with E-state index in [4.69, 9.17) is 0 Å². The molecule has 0 N–H and O–H groups in total. The summed E-state index contributed by atoms with van der Waals surface area (Å²) in [5.74, 6) is 0. The Bertz CT molecular complexity index is 1320. The molecule has 5 rings (SSSR count). The highest BCUT2D eigenvalue weighted by Gasteiger charge is 2.28. The normalized spacial score (nSPS) is 11.7. The Morgan fingerprint density at radius 1 is 0.389 bits per heavy atom. The molecule has 0 spiro atoms. The summed E-state index contributed by atoms with van der Waals surface area (Å²) < 4.78 is 0. The van der Waals surface area contributed by atoms with E-state index in [1.807, 2.05) is 0 Å². The van der Waals surface area contributed by atoms with Crippen LogP contribution in [0.1, 0.15) is 0 Å². The molecule has 0 radical (unpaired) electrons. The molecule has 5 aromatic carbocycles. The molecule has 0 nitrogen and oxygen atoms in total. The molecule has 0 fully saturated rings. The van der Waals surface area contributed by atoms with E-state index >= 15 is 0 Å². The minimum absolute atomic E-state index is 0.697. The maximum Gasteiger partial charge on any atom is 0.0776 e. The van der Waals surface area contributed by atoms with Gasteiger partial charge in [0, 0.05) is 0 Å². The van der Waals surface area contributed by atoms with Crippen molar-refractivity contribution in [1.82, 2.24) is 0 Å². The van der Waals surface area contributed by atoms with E-state index in [0.717, 1.165) is 0 Å². The topological polar surface area (TPSA) is 0 Å². The Morgan fingerprint density at radius 3 is 1.06 bits per heavy atom. The molecule has 178 valence electrons. The molecular formula is C33H32P2Si. The first-order valence-corrected chi connectivity index (χ1v) is 18.7. The predicted molar refractivity (Wildman–Crippen MR) is 167 cm³/mol. The van der Waals surface area contributed by atoms with Crippen LogP contribution in [0.5, 0.6) is 0 Å². The summed E-state index contributed by atoms with van der Waals surface area (Å²) in [6, 6.07) is 51.9. The van der Waals surface area contributed by atoms with E-state index < -0.39 is 23.9 Å². The molecule has 0 amide bonds. The Morgan fingerprint density at radius 2 is 0.722 bits per heavy atom. The standard InChI is InChI=1S/C33H32P2Si/c1-36(2,3)31-24-25-32(34(27-16-8-4-9-17-27)28-18-10-5-11-19-28)33(26-31)35(29-20-12-6-13-21-29)30-22-14-7-15-23-30/h4-26H,1-3H3. The van der Waals surface area contributed by atoms with Gasteiger partial charge in [0.1, 0.15) is 0 Å². The van der Waals surface area contributed by atoms with Crippen molar-refractivity contribution in [3.05, 3.63) is 140 Å². The summed E-state index contributed by atoms with van der Waals surface area (Å²) in [4.78, 5) is 0. The summed E-state index contributed by atoms with van der Waals surface area (Å²) in [7, 11) is -2.91. The van der Waals surface area contributed by atoms with E-state index in [1.165, 1.54) is 37.0 Å². The molecule has 0 atom stereocenters. The molecule has 0 heterocycles. The van der Waals surface area contributed by atoms with Crippen molar-refractivity contribution in [1.29, 1.82) is 0 Å². The van der Waals surface area contributed by atoms with Crippen LogP contribution in [-0.2, 0) is 0 Å². The molecule has 0 aliphatic heterocycles. The van der Waals surface area contributed by atoms with Gasteiger partial charge in [-0.15, -0.1) is 0 Å². The van der Waals surface area contributed by atoms with Gasteiger partial charge in [-0.3, -0.25) is 0 Å².